The highest BCUT2D eigenvalue weighted by atomic mass is 15.0. The second-order valence-corrected chi connectivity index (χ2v) is 15.5. The van der Waals surface area contributed by atoms with Crippen molar-refractivity contribution in [3.63, 3.8) is 0 Å². The predicted molar refractivity (Wildman–Crippen MR) is 258 cm³/mol. The maximum atomic E-state index is 9.80. The zero-order chi connectivity index (χ0) is 41.4. The number of aromatic nitrogens is 3. The number of para-hydroxylation sites is 3. The van der Waals surface area contributed by atoms with Crippen LogP contribution in [0.25, 0.3) is 83.3 Å². The number of benzene rings is 9. The van der Waals surface area contributed by atoms with Gasteiger partial charge >= 0.3 is 0 Å². The SMILES string of the molecule is N=C(c1ccccc1)c1c(-c2ccccc2)cc2ccc(-c3cc(-c4cccc(-n5c6ccccc6c6ccccc65)c4)nc(-c4ccccc4)n3)cc2c1Nc1ccccc1. The van der Waals surface area contributed by atoms with Crippen molar-refractivity contribution in [2.24, 2.45) is 0 Å². The summed E-state index contributed by atoms with van der Waals surface area (Å²) in [7, 11) is 0. The molecule has 0 amide bonds. The van der Waals surface area contributed by atoms with Crippen LogP contribution in [0.1, 0.15) is 11.1 Å². The van der Waals surface area contributed by atoms with Crippen molar-refractivity contribution < 1.29 is 0 Å². The molecule has 0 radical (unpaired) electrons. The lowest BCUT2D eigenvalue weighted by atomic mass is 9.87. The Kier molecular flexibility index (Phi) is 9.25. The van der Waals surface area contributed by atoms with Gasteiger partial charge in [0.2, 0.25) is 0 Å². The topological polar surface area (TPSA) is 66.6 Å². The highest BCUT2D eigenvalue weighted by molar-refractivity contribution is 6.22. The van der Waals surface area contributed by atoms with E-state index in [9.17, 15) is 5.41 Å². The van der Waals surface area contributed by atoms with E-state index >= 15 is 0 Å². The van der Waals surface area contributed by atoms with Gasteiger partial charge in [0.1, 0.15) is 0 Å². The zero-order valence-electron chi connectivity index (χ0n) is 33.7. The summed E-state index contributed by atoms with van der Waals surface area (Å²) < 4.78 is 2.34. The van der Waals surface area contributed by atoms with Crippen LogP contribution in [0.3, 0.4) is 0 Å². The summed E-state index contributed by atoms with van der Waals surface area (Å²) in [4.78, 5) is 10.5. The largest absolute Gasteiger partial charge is 0.354 e. The molecule has 2 N–H and O–H groups in total. The molecular weight excluding hydrogens is 755 g/mol. The normalized spacial score (nSPS) is 11.3. The van der Waals surface area contributed by atoms with Gasteiger partial charge in [-0.05, 0) is 71.1 Å². The van der Waals surface area contributed by atoms with Gasteiger partial charge in [-0.1, -0.05) is 170 Å². The minimum absolute atomic E-state index is 0.439. The molecule has 9 aromatic carbocycles. The van der Waals surface area contributed by atoms with Crippen LogP contribution in [0.2, 0.25) is 0 Å². The molecule has 11 rings (SSSR count). The summed E-state index contributed by atoms with van der Waals surface area (Å²) in [5.41, 5.74) is 13.8. The molecule has 11 aromatic rings. The van der Waals surface area contributed by atoms with Crippen molar-refractivity contribution in [3.8, 4) is 50.7 Å². The fourth-order valence-corrected chi connectivity index (χ4v) is 8.67. The first-order chi connectivity index (χ1) is 30.7. The molecule has 292 valence electrons. The molecule has 2 aromatic heterocycles. The molecule has 5 heteroatoms. The van der Waals surface area contributed by atoms with Crippen LogP contribution in [0, 0.1) is 5.41 Å². The minimum atomic E-state index is 0.439. The molecule has 0 atom stereocenters. The molecule has 0 aliphatic carbocycles. The van der Waals surface area contributed by atoms with E-state index in [-0.39, 0.29) is 0 Å². The molecule has 0 aliphatic rings. The van der Waals surface area contributed by atoms with E-state index in [0.29, 0.717) is 11.5 Å². The molecule has 0 saturated heterocycles. The Labute approximate surface area is 359 Å². The summed E-state index contributed by atoms with van der Waals surface area (Å²) in [5.74, 6) is 0.647. The Bertz CT molecular complexity index is 3380. The highest BCUT2D eigenvalue weighted by Gasteiger charge is 2.22. The van der Waals surface area contributed by atoms with E-state index in [1.165, 1.54) is 10.8 Å². The first-order valence-corrected chi connectivity index (χ1v) is 20.8. The van der Waals surface area contributed by atoms with Crippen molar-refractivity contribution in [3.05, 3.63) is 236 Å². The second-order valence-electron chi connectivity index (χ2n) is 15.5. The molecule has 0 fully saturated rings. The molecule has 0 aliphatic heterocycles. The molecule has 0 saturated carbocycles. The highest BCUT2D eigenvalue weighted by Crippen LogP contribution is 2.42. The van der Waals surface area contributed by atoms with E-state index in [1.54, 1.807) is 0 Å². The Morgan fingerprint density at radius 2 is 0.984 bits per heavy atom. The van der Waals surface area contributed by atoms with E-state index in [0.717, 1.165) is 89.2 Å². The Morgan fingerprint density at radius 1 is 0.435 bits per heavy atom. The lowest BCUT2D eigenvalue weighted by molar-refractivity contribution is 1.16. The molecule has 0 bridgehead atoms. The van der Waals surface area contributed by atoms with Crippen molar-refractivity contribution in [1.29, 1.82) is 5.41 Å². The summed E-state index contributed by atoms with van der Waals surface area (Å²) in [5, 5.41) is 18.1. The molecule has 5 nitrogen and oxygen atoms in total. The Morgan fingerprint density at radius 3 is 1.65 bits per heavy atom. The number of anilines is 2. The summed E-state index contributed by atoms with van der Waals surface area (Å²) >= 11 is 0. The summed E-state index contributed by atoms with van der Waals surface area (Å²) in [6.07, 6.45) is 0. The van der Waals surface area contributed by atoms with Crippen LogP contribution < -0.4 is 5.32 Å². The smallest absolute Gasteiger partial charge is 0.160 e. The Hall–Kier alpha value is -8.41. The van der Waals surface area contributed by atoms with Gasteiger partial charge < -0.3 is 9.88 Å². The summed E-state index contributed by atoms with van der Waals surface area (Å²) in [6.45, 7) is 0. The maximum absolute atomic E-state index is 9.80. The van der Waals surface area contributed by atoms with Crippen LogP contribution >= 0.6 is 0 Å². The fraction of sp³-hybridized carbons (Fsp3) is 0. The first-order valence-electron chi connectivity index (χ1n) is 20.8. The van der Waals surface area contributed by atoms with E-state index in [4.69, 9.17) is 9.97 Å². The molecule has 2 heterocycles. The quantitative estimate of drug-likeness (QED) is 0.143. The number of hydrogen-bond donors (Lipinski definition) is 2. The van der Waals surface area contributed by atoms with Gasteiger partial charge in [-0.15, -0.1) is 0 Å². The van der Waals surface area contributed by atoms with Gasteiger partial charge in [-0.3, -0.25) is 5.41 Å². The van der Waals surface area contributed by atoms with Gasteiger partial charge in [-0.25, -0.2) is 9.97 Å². The molecule has 62 heavy (non-hydrogen) atoms. The third-order valence-electron chi connectivity index (χ3n) is 11.6. The minimum Gasteiger partial charge on any atom is -0.354 e. The van der Waals surface area contributed by atoms with Crippen LogP contribution in [0.5, 0.6) is 0 Å². The van der Waals surface area contributed by atoms with Crippen molar-refractivity contribution >= 4 is 49.7 Å². The van der Waals surface area contributed by atoms with Gasteiger partial charge in [0, 0.05) is 55.4 Å². The average Bonchev–Trinajstić information content (AvgIpc) is 3.69. The number of nitrogens with zero attached hydrogens (tertiary/aromatic N) is 3. The van der Waals surface area contributed by atoms with Crippen LogP contribution in [-0.4, -0.2) is 20.2 Å². The number of nitrogens with one attached hydrogen (secondary N) is 2. The third kappa shape index (κ3) is 6.68. The van der Waals surface area contributed by atoms with E-state index in [1.807, 2.05) is 72.8 Å². The van der Waals surface area contributed by atoms with Crippen LogP contribution in [-0.2, 0) is 0 Å². The van der Waals surface area contributed by atoms with E-state index in [2.05, 4.69) is 162 Å². The number of fused-ring (bicyclic) bond motifs is 4. The van der Waals surface area contributed by atoms with Crippen LogP contribution in [0.15, 0.2) is 224 Å². The Balaban J connectivity index is 1.12. The number of rotatable bonds is 9. The van der Waals surface area contributed by atoms with Gasteiger partial charge in [0.15, 0.2) is 5.82 Å². The lowest BCUT2D eigenvalue weighted by Gasteiger charge is -2.21. The zero-order valence-corrected chi connectivity index (χ0v) is 33.7. The van der Waals surface area contributed by atoms with Crippen molar-refractivity contribution in [2.45, 2.75) is 0 Å². The second kappa shape index (κ2) is 15.6. The maximum Gasteiger partial charge on any atom is 0.160 e. The average molecular weight is 794 g/mol. The molecular formula is C57H39N5. The van der Waals surface area contributed by atoms with E-state index < -0.39 is 0 Å². The van der Waals surface area contributed by atoms with Crippen molar-refractivity contribution in [2.75, 3.05) is 5.32 Å². The van der Waals surface area contributed by atoms with Gasteiger partial charge in [0.25, 0.3) is 0 Å². The fourth-order valence-electron chi connectivity index (χ4n) is 8.67. The third-order valence-corrected chi connectivity index (χ3v) is 11.6. The standard InChI is InChI=1S/C57H39N5/c58-55(39-20-7-2-8-21-39)54-48(38-18-5-1-6-19-38)35-41-32-33-43(36-49(41)56(54)59-44-25-11-4-12-26-44)51-37-50(60-57(61-51)40-22-9-3-10-23-40)42-24-17-27-45(34-42)62-52-30-15-13-28-46(52)47-29-14-16-31-53(47)62/h1-37,58-59H. The predicted octanol–water partition coefficient (Wildman–Crippen LogP) is 14.6. The van der Waals surface area contributed by atoms with Crippen molar-refractivity contribution in [1.82, 2.24) is 14.5 Å². The lowest BCUT2D eigenvalue weighted by Crippen LogP contribution is -2.09. The molecule has 0 unspecified atom stereocenters. The van der Waals surface area contributed by atoms with Gasteiger partial charge in [0.05, 0.1) is 33.8 Å². The number of hydrogen-bond acceptors (Lipinski definition) is 4. The molecule has 0 spiro atoms. The monoisotopic (exact) mass is 793 g/mol. The summed E-state index contributed by atoms with van der Waals surface area (Å²) in [6, 6.07) is 77.5. The first kappa shape index (κ1) is 36.7. The van der Waals surface area contributed by atoms with Crippen LogP contribution in [0.4, 0.5) is 11.4 Å². The van der Waals surface area contributed by atoms with Gasteiger partial charge in [-0.2, -0.15) is 0 Å².